The molecule has 0 bridgehead atoms. The minimum atomic E-state index is 0.416. The van der Waals surface area contributed by atoms with E-state index >= 15 is 0 Å². The van der Waals surface area contributed by atoms with Gasteiger partial charge in [-0.2, -0.15) is 5.26 Å². The maximum atomic E-state index is 9.57. The lowest BCUT2D eigenvalue weighted by molar-refractivity contribution is 0.643. The smallest absolute Gasteiger partial charge is 0.183 e. The zero-order chi connectivity index (χ0) is 16.9. The molecular weight excluding hydrogens is 302 g/mol. The van der Waals surface area contributed by atoms with Crippen molar-refractivity contribution in [1.29, 1.82) is 5.26 Å². The Hall–Kier alpha value is -3.53. The van der Waals surface area contributed by atoms with Gasteiger partial charge in [-0.15, -0.1) is 0 Å². The summed E-state index contributed by atoms with van der Waals surface area (Å²) in [6, 6.07) is 11.8. The molecule has 0 fully saturated rings. The molecule has 0 spiro atoms. The van der Waals surface area contributed by atoms with Crippen LogP contribution in [0.4, 0.5) is 5.82 Å². The lowest BCUT2D eigenvalue weighted by Crippen LogP contribution is -2.07. The maximum Gasteiger partial charge on any atom is 0.183 e. The summed E-state index contributed by atoms with van der Waals surface area (Å²) >= 11 is 0. The topological polar surface area (TPSA) is 83.0 Å². The molecule has 0 radical (unpaired) electrons. The SMILES string of the molecule is CN(C)C=Nc1ncnc2ncn(/C(C#N)=C/c3ccccc3)c12. The summed E-state index contributed by atoms with van der Waals surface area (Å²) in [5.41, 5.74) is 2.43. The Morgan fingerprint density at radius 2 is 2.00 bits per heavy atom. The number of nitriles is 1. The van der Waals surface area contributed by atoms with Crippen molar-refractivity contribution in [2.24, 2.45) is 4.99 Å². The van der Waals surface area contributed by atoms with Gasteiger partial charge in [0.1, 0.15) is 29.9 Å². The highest BCUT2D eigenvalue weighted by molar-refractivity contribution is 5.91. The molecule has 0 atom stereocenters. The Morgan fingerprint density at radius 3 is 2.71 bits per heavy atom. The van der Waals surface area contributed by atoms with Gasteiger partial charge in [0.2, 0.25) is 0 Å². The number of aliphatic imine (C=N–C) groups is 1. The van der Waals surface area contributed by atoms with Crippen molar-refractivity contribution in [3.63, 3.8) is 0 Å². The number of nitrogens with zero attached hydrogens (tertiary/aromatic N) is 7. The van der Waals surface area contributed by atoms with Crippen molar-refractivity contribution in [3.8, 4) is 6.07 Å². The first kappa shape index (κ1) is 15.4. The van der Waals surface area contributed by atoms with E-state index in [9.17, 15) is 5.26 Å². The average Bonchev–Trinajstić information content (AvgIpc) is 3.03. The molecule has 0 saturated heterocycles. The third kappa shape index (κ3) is 3.13. The van der Waals surface area contributed by atoms with Gasteiger partial charge in [-0.25, -0.2) is 19.9 Å². The van der Waals surface area contributed by atoms with Crippen LogP contribution in [0.1, 0.15) is 5.56 Å². The maximum absolute atomic E-state index is 9.57. The van der Waals surface area contributed by atoms with E-state index in [0.29, 0.717) is 22.7 Å². The van der Waals surface area contributed by atoms with Crippen LogP contribution in [0.2, 0.25) is 0 Å². The Kier molecular flexibility index (Phi) is 4.29. The minimum Gasteiger partial charge on any atom is -0.369 e. The Morgan fingerprint density at radius 1 is 1.21 bits per heavy atom. The predicted octanol–water partition coefficient (Wildman–Crippen LogP) is 2.57. The lowest BCUT2D eigenvalue weighted by Gasteiger charge is -2.05. The van der Waals surface area contributed by atoms with E-state index in [0.717, 1.165) is 5.56 Å². The second kappa shape index (κ2) is 6.71. The van der Waals surface area contributed by atoms with Crippen LogP contribution in [-0.4, -0.2) is 44.9 Å². The summed E-state index contributed by atoms with van der Waals surface area (Å²) in [6.07, 6.45) is 6.40. The number of imidazole rings is 1. The van der Waals surface area contributed by atoms with Crippen molar-refractivity contribution in [1.82, 2.24) is 24.4 Å². The summed E-state index contributed by atoms with van der Waals surface area (Å²) in [5.74, 6) is 0.459. The predicted molar refractivity (Wildman–Crippen MR) is 93.4 cm³/mol. The van der Waals surface area contributed by atoms with Crippen molar-refractivity contribution < 1.29 is 0 Å². The third-order valence-corrected chi connectivity index (χ3v) is 3.21. The van der Waals surface area contributed by atoms with Gasteiger partial charge in [0.05, 0.1) is 6.34 Å². The Balaban J connectivity index is 2.15. The summed E-state index contributed by atoms with van der Waals surface area (Å²) < 4.78 is 1.66. The van der Waals surface area contributed by atoms with E-state index in [1.165, 1.54) is 6.33 Å². The van der Waals surface area contributed by atoms with Crippen LogP contribution in [0.5, 0.6) is 0 Å². The first-order valence-corrected chi connectivity index (χ1v) is 7.25. The lowest BCUT2D eigenvalue weighted by atomic mass is 10.2. The van der Waals surface area contributed by atoms with Gasteiger partial charge in [0.15, 0.2) is 11.5 Å². The molecule has 0 aliphatic carbocycles. The molecule has 1 aromatic carbocycles. The fourth-order valence-corrected chi connectivity index (χ4v) is 2.15. The molecule has 0 unspecified atom stereocenters. The van der Waals surface area contributed by atoms with Gasteiger partial charge in [-0.3, -0.25) is 4.57 Å². The van der Waals surface area contributed by atoms with Crippen molar-refractivity contribution in [3.05, 3.63) is 48.5 Å². The van der Waals surface area contributed by atoms with E-state index in [-0.39, 0.29) is 0 Å². The monoisotopic (exact) mass is 317 g/mol. The first-order chi connectivity index (χ1) is 11.7. The summed E-state index contributed by atoms with van der Waals surface area (Å²) in [4.78, 5) is 18.7. The number of rotatable bonds is 4. The number of allylic oxidation sites excluding steroid dienone is 1. The molecule has 7 nitrogen and oxygen atoms in total. The molecule has 0 saturated carbocycles. The number of hydrogen-bond acceptors (Lipinski definition) is 5. The van der Waals surface area contributed by atoms with Gasteiger partial charge >= 0.3 is 0 Å². The number of benzene rings is 1. The largest absolute Gasteiger partial charge is 0.369 e. The molecule has 3 rings (SSSR count). The van der Waals surface area contributed by atoms with Crippen molar-refractivity contribution >= 4 is 35.1 Å². The highest BCUT2D eigenvalue weighted by Crippen LogP contribution is 2.24. The average molecular weight is 317 g/mol. The Bertz CT molecular complexity index is 946. The van der Waals surface area contributed by atoms with E-state index in [2.05, 4.69) is 26.0 Å². The van der Waals surface area contributed by atoms with E-state index in [1.807, 2.05) is 44.4 Å². The molecule has 118 valence electrons. The van der Waals surface area contributed by atoms with E-state index in [4.69, 9.17) is 0 Å². The second-order valence-corrected chi connectivity index (χ2v) is 5.24. The minimum absolute atomic E-state index is 0.416. The van der Waals surface area contributed by atoms with Crippen LogP contribution < -0.4 is 0 Å². The van der Waals surface area contributed by atoms with Crippen LogP contribution >= 0.6 is 0 Å². The Labute approximate surface area is 139 Å². The van der Waals surface area contributed by atoms with Gasteiger partial charge in [-0.1, -0.05) is 30.3 Å². The number of fused-ring (bicyclic) bond motifs is 1. The van der Waals surface area contributed by atoms with Gasteiger partial charge < -0.3 is 4.90 Å². The van der Waals surface area contributed by atoms with Gasteiger partial charge in [-0.05, 0) is 11.6 Å². The van der Waals surface area contributed by atoms with Crippen molar-refractivity contribution in [2.45, 2.75) is 0 Å². The molecule has 2 heterocycles. The van der Waals surface area contributed by atoms with Gasteiger partial charge in [0.25, 0.3) is 0 Å². The molecule has 2 aromatic heterocycles. The zero-order valence-corrected chi connectivity index (χ0v) is 13.3. The number of aromatic nitrogens is 4. The highest BCUT2D eigenvalue weighted by atomic mass is 15.2. The molecule has 0 amide bonds. The van der Waals surface area contributed by atoms with Gasteiger partial charge in [0, 0.05) is 14.1 Å². The van der Waals surface area contributed by atoms with E-state index in [1.54, 1.807) is 28.2 Å². The summed E-state index contributed by atoms with van der Waals surface area (Å²) in [5, 5.41) is 9.57. The zero-order valence-electron chi connectivity index (χ0n) is 13.3. The quantitative estimate of drug-likeness (QED) is 0.419. The molecule has 0 aliphatic heterocycles. The number of hydrogen-bond donors (Lipinski definition) is 0. The molecule has 0 N–H and O–H groups in total. The summed E-state index contributed by atoms with van der Waals surface area (Å²) in [7, 11) is 3.74. The third-order valence-electron chi connectivity index (χ3n) is 3.21. The molecule has 3 aromatic rings. The highest BCUT2D eigenvalue weighted by Gasteiger charge is 2.13. The van der Waals surface area contributed by atoms with E-state index < -0.39 is 0 Å². The summed E-state index contributed by atoms with van der Waals surface area (Å²) in [6.45, 7) is 0. The molecule has 7 heteroatoms. The molecule has 0 aliphatic rings. The first-order valence-electron chi connectivity index (χ1n) is 7.25. The standard InChI is InChI=1S/C17H15N7/c1-23(2)11-21-16-15-17(20-10-19-16)22-12-24(15)14(9-18)8-13-6-4-3-5-7-13/h3-8,10-12H,1-2H3/b14-8+,21-11?. The fourth-order valence-electron chi connectivity index (χ4n) is 2.15. The molecular formula is C17H15N7. The van der Waals surface area contributed by atoms with Crippen LogP contribution in [0.25, 0.3) is 22.9 Å². The van der Waals surface area contributed by atoms with Crippen molar-refractivity contribution in [2.75, 3.05) is 14.1 Å². The normalized spacial score (nSPS) is 11.8. The van der Waals surface area contributed by atoms with Crippen LogP contribution in [0, 0.1) is 11.3 Å². The fraction of sp³-hybridized carbons (Fsp3) is 0.118. The second-order valence-electron chi connectivity index (χ2n) is 5.24. The van der Waals surface area contributed by atoms with Crippen LogP contribution in [0.15, 0.2) is 48.0 Å². The molecule has 24 heavy (non-hydrogen) atoms. The van der Waals surface area contributed by atoms with Crippen LogP contribution in [-0.2, 0) is 0 Å². The van der Waals surface area contributed by atoms with Crippen LogP contribution in [0.3, 0.4) is 0 Å².